The van der Waals surface area contributed by atoms with Crippen LogP contribution in [0.25, 0.3) is 0 Å². The molecule has 0 aliphatic heterocycles. The van der Waals surface area contributed by atoms with E-state index in [2.05, 4.69) is 0 Å². The molecule has 1 aromatic heterocycles. The third-order valence-corrected chi connectivity index (χ3v) is 4.09. The highest BCUT2D eigenvalue weighted by Gasteiger charge is 2.24. The lowest BCUT2D eigenvalue weighted by Gasteiger charge is -2.07. The van der Waals surface area contributed by atoms with Gasteiger partial charge in [-0.3, -0.25) is 0 Å². The monoisotopic (exact) mass is 366 g/mol. The van der Waals surface area contributed by atoms with Crippen molar-refractivity contribution in [2.24, 2.45) is 0 Å². The van der Waals surface area contributed by atoms with Crippen LogP contribution in [0.4, 0.5) is 13.8 Å². The van der Waals surface area contributed by atoms with Crippen molar-refractivity contribution in [2.75, 3.05) is 12.3 Å². The van der Waals surface area contributed by atoms with E-state index in [0.717, 1.165) is 23.5 Å². The summed E-state index contributed by atoms with van der Waals surface area (Å²) in [5.41, 5.74) is 5.44. The topological polar surface area (TPSA) is 102 Å². The van der Waals surface area contributed by atoms with Crippen molar-refractivity contribution in [1.82, 2.24) is 0 Å². The van der Waals surface area contributed by atoms with E-state index in [0.29, 0.717) is 6.07 Å². The van der Waals surface area contributed by atoms with Crippen LogP contribution in [-0.4, -0.2) is 18.5 Å². The number of nitrogens with two attached hydrogens (primary N) is 1. The van der Waals surface area contributed by atoms with Gasteiger partial charge in [-0.15, -0.1) is 11.3 Å². The van der Waals surface area contributed by atoms with E-state index in [9.17, 15) is 18.4 Å². The quantitative estimate of drug-likeness (QED) is 0.816. The van der Waals surface area contributed by atoms with E-state index in [1.165, 1.54) is 0 Å². The van der Waals surface area contributed by atoms with Crippen molar-refractivity contribution >= 4 is 28.3 Å². The maximum atomic E-state index is 13.2. The van der Waals surface area contributed by atoms with Gasteiger partial charge in [0.2, 0.25) is 0 Å². The van der Waals surface area contributed by atoms with Gasteiger partial charge in [0.15, 0.2) is 0 Å². The van der Waals surface area contributed by atoms with Crippen molar-refractivity contribution < 1.29 is 27.8 Å². The Morgan fingerprint density at radius 3 is 2.40 bits per heavy atom. The number of carbonyl (C=O) groups excluding carboxylic acids is 2. The van der Waals surface area contributed by atoms with Crippen LogP contribution in [0.1, 0.15) is 38.1 Å². The lowest BCUT2D eigenvalue weighted by atomic mass is 10.1. The largest absolute Gasteiger partial charge is 0.462 e. The molecule has 0 atom stereocenters. The minimum absolute atomic E-state index is 0.00808. The molecule has 2 aromatic rings. The number of nitriles is 1. The van der Waals surface area contributed by atoms with Gasteiger partial charge in [0, 0.05) is 11.6 Å². The molecule has 1 aromatic carbocycles. The average Bonchev–Trinajstić information content (AvgIpc) is 2.87. The van der Waals surface area contributed by atoms with Crippen molar-refractivity contribution in [2.45, 2.75) is 13.5 Å². The standard InChI is InChI=1S/C16H12F2N2O4S/c1-2-23-16(22)13-12(11(6-19)14(20)25-13)7-24-15(21)8-3-9(17)5-10(18)4-8/h3-5H,2,7,20H2,1H3. The van der Waals surface area contributed by atoms with Crippen molar-refractivity contribution in [1.29, 1.82) is 5.26 Å². The summed E-state index contributed by atoms with van der Waals surface area (Å²) in [6.45, 7) is 1.25. The molecule has 2 rings (SSSR count). The highest BCUT2D eigenvalue weighted by Crippen LogP contribution is 2.32. The molecule has 1 heterocycles. The van der Waals surface area contributed by atoms with Crippen LogP contribution in [0.5, 0.6) is 0 Å². The molecule has 0 spiro atoms. The highest BCUT2D eigenvalue weighted by molar-refractivity contribution is 7.18. The van der Waals surface area contributed by atoms with Gasteiger partial charge in [0.05, 0.1) is 17.7 Å². The summed E-state index contributed by atoms with van der Waals surface area (Å²) >= 11 is 0.835. The molecular weight excluding hydrogens is 354 g/mol. The molecular formula is C16H12F2N2O4S. The normalized spacial score (nSPS) is 10.2. The number of halogens is 2. The first kappa shape index (κ1) is 18.4. The zero-order valence-electron chi connectivity index (χ0n) is 13.0. The van der Waals surface area contributed by atoms with Gasteiger partial charge in [0.1, 0.15) is 34.2 Å². The zero-order chi connectivity index (χ0) is 18.6. The van der Waals surface area contributed by atoms with Gasteiger partial charge in [0.25, 0.3) is 0 Å². The van der Waals surface area contributed by atoms with E-state index >= 15 is 0 Å². The van der Waals surface area contributed by atoms with E-state index in [1.807, 2.05) is 6.07 Å². The number of rotatable bonds is 5. The van der Waals surface area contributed by atoms with Crippen LogP contribution in [0.3, 0.4) is 0 Å². The van der Waals surface area contributed by atoms with Crippen LogP contribution in [-0.2, 0) is 16.1 Å². The fourth-order valence-corrected chi connectivity index (χ4v) is 2.92. The summed E-state index contributed by atoms with van der Waals surface area (Å²) in [6.07, 6.45) is 0. The van der Waals surface area contributed by atoms with E-state index in [1.54, 1.807) is 6.92 Å². The summed E-state index contributed by atoms with van der Waals surface area (Å²) in [6, 6.07) is 4.06. The number of ether oxygens (including phenoxy) is 2. The Kier molecular flexibility index (Phi) is 5.67. The average molecular weight is 366 g/mol. The van der Waals surface area contributed by atoms with Crippen LogP contribution >= 0.6 is 11.3 Å². The van der Waals surface area contributed by atoms with Gasteiger partial charge in [-0.25, -0.2) is 18.4 Å². The Balaban J connectivity index is 2.26. The zero-order valence-corrected chi connectivity index (χ0v) is 13.8. The lowest BCUT2D eigenvalue weighted by molar-refractivity contribution is 0.0452. The van der Waals surface area contributed by atoms with Crippen LogP contribution in [0.15, 0.2) is 18.2 Å². The number of esters is 2. The van der Waals surface area contributed by atoms with Gasteiger partial charge >= 0.3 is 11.9 Å². The number of hydrogen-bond donors (Lipinski definition) is 1. The van der Waals surface area contributed by atoms with Gasteiger partial charge in [-0.05, 0) is 19.1 Å². The maximum absolute atomic E-state index is 13.2. The Morgan fingerprint density at radius 1 is 1.20 bits per heavy atom. The third-order valence-electron chi connectivity index (χ3n) is 3.05. The molecule has 9 heteroatoms. The number of nitrogen functional groups attached to an aromatic ring is 1. The lowest BCUT2D eigenvalue weighted by Crippen LogP contribution is -2.10. The molecule has 25 heavy (non-hydrogen) atoms. The number of thiophene rings is 1. The third kappa shape index (κ3) is 4.10. The number of carbonyl (C=O) groups is 2. The van der Waals surface area contributed by atoms with Crippen LogP contribution in [0.2, 0.25) is 0 Å². The van der Waals surface area contributed by atoms with E-state index in [4.69, 9.17) is 20.5 Å². The van der Waals surface area contributed by atoms with Gasteiger partial charge < -0.3 is 15.2 Å². The molecule has 0 aliphatic carbocycles. The minimum atomic E-state index is -1.01. The Labute approximate surface area is 145 Å². The second-order valence-electron chi connectivity index (χ2n) is 4.72. The summed E-state index contributed by atoms with van der Waals surface area (Å²) < 4.78 is 36.2. The first-order valence-electron chi connectivity index (χ1n) is 6.99. The maximum Gasteiger partial charge on any atom is 0.348 e. The Bertz CT molecular complexity index is 854. The van der Waals surface area contributed by atoms with E-state index in [-0.39, 0.29) is 33.2 Å². The first-order chi connectivity index (χ1) is 11.9. The van der Waals surface area contributed by atoms with Gasteiger partial charge in [-0.2, -0.15) is 5.26 Å². The second kappa shape index (κ2) is 7.72. The molecule has 0 amide bonds. The summed E-state index contributed by atoms with van der Waals surface area (Å²) in [7, 11) is 0. The molecule has 0 saturated heterocycles. The van der Waals surface area contributed by atoms with Crippen molar-refractivity contribution in [3.05, 3.63) is 51.4 Å². The predicted molar refractivity (Wildman–Crippen MR) is 84.9 cm³/mol. The molecule has 2 N–H and O–H groups in total. The summed E-state index contributed by atoms with van der Waals surface area (Å²) in [5.74, 6) is -3.58. The molecule has 0 fully saturated rings. The molecule has 0 radical (unpaired) electrons. The number of hydrogen-bond acceptors (Lipinski definition) is 7. The predicted octanol–water partition coefficient (Wildman–Crippen LogP) is 3.01. The highest BCUT2D eigenvalue weighted by atomic mass is 32.1. The molecule has 0 aliphatic rings. The number of anilines is 1. The molecule has 0 saturated carbocycles. The molecule has 0 bridgehead atoms. The van der Waals surface area contributed by atoms with E-state index < -0.39 is 30.2 Å². The Morgan fingerprint density at radius 2 is 1.84 bits per heavy atom. The summed E-state index contributed by atoms with van der Waals surface area (Å²) in [5, 5.41) is 9.24. The smallest absolute Gasteiger partial charge is 0.348 e. The van der Waals surface area contributed by atoms with Crippen LogP contribution in [0, 0.1) is 23.0 Å². The van der Waals surface area contributed by atoms with Crippen molar-refractivity contribution in [3.63, 3.8) is 0 Å². The SMILES string of the molecule is CCOC(=O)c1sc(N)c(C#N)c1COC(=O)c1cc(F)cc(F)c1. The number of benzene rings is 1. The minimum Gasteiger partial charge on any atom is -0.462 e. The fourth-order valence-electron chi connectivity index (χ4n) is 2.00. The second-order valence-corrected chi connectivity index (χ2v) is 5.77. The summed E-state index contributed by atoms with van der Waals surface area (Å²) in [4.78, 5) is 23.9. The molecule has 130 valence electrons. The first-order valence-corrected chi connectivity index (χ1v) is 7.80. The van der Waals surface area contributed by atoms with Gasteiger partial charge in [-0.1, -0.05) is 0 Å². The fraction of sp³-hybridized carbons (Fsp3) is 0.188. The molecule has 0 unspecified atom stereocenters. The van der Waals surface area contributed by atoms with Crippen molar-refractivity contribution in [3.8, 4) is 6.07 Å². The number of nitrogens with zero attached hydrogens (tertiary/aromatic N) is 1. The Hall–Kier alpha value is -2.99. The van der Waals surface area contributed by atoms with Crippen LogP contribution < -0.4 is 5.73 Å². The molecule has 6 nitrogen and oxygen atoms in total.